The van der Waals surface area contributed by atoms with Crippen molar-refractivity contribution < 1.29 is 0 Å². The average molecular weight is 445 g/mol. The Morgan fingerprint density at radius 2 is 1.27 bits per heavy atom. The Morgan fingerprint density at radius 1 is 0.700 bits per heavy atom. The van der Waals surface area contributed by atoms with Crippen molar-refractivity contribution in [2.24, 2.45) is 0 Å². The lowest BCUT2D eigenvalue weighted by atomic mass is 10.0. The van der Waals surface area contributed by atoms with Gasteiger partial charge in [0.25, 0.3) is 0 Å². The Bertz CT molecular complexity index is 732. The van der Waals surface area contributed by atoms with Crippen molar-refractivity contribution in [1.82, 2.24) is 0 Å². The van der Waals surface area contributed by atoms with Crippen molar-refractivity contribution in [2.75, 3.05) is 0 Å². The number of hydrogen-bond donors (Lipinski definition) is 0. The molecule has 0 spiro atoms. The topological polar surface area (TPSA) is 0 Å². The van der Waals surface area contributed by atoms with E-state index >= 15 is 0 Å². The predicted molar refractivity (Wildman–Crippen MR) is 141 cm³/mol. The predicted octanol–water partition coefficient (Wildman–Crippen LogP) is 10.6. The first-order chi connectivity index (χ1) is 14.7. The van der Waals surface area contributed by atoms with E-state index in [0.717, 1.165) is 0 Å². The molecule has 0 amide bonds. The van der Waals surface area contributed by atoms with Gasteiger partial charge in [-0.05, 0) is 68.9 Å². The number of aryl methyl sites for hydroxylation is 3. The fraction of sp³-hybridized carbons (Fsp3) is 0.643. The molecule has 0 bridgehead atoms. The zero-order valence-corrected chi connectivity index (χ0v) is 21.7. The van der Waals surface area contributed by atoms with Gasteiger partial charge >= 0.3 is 0 Å². The van der Waals surface area contributed by atoms with E-state index < -0.39 is 0 Å². The van der Waals surface area contributed by atoms with E-state index in [4.69, 9.17) is 0 Å². The molecule has 0 atom stereocenters. The van der Waals surface area contributed by atoms with E-state index in [0.29, 0.717) is 0 Å². The molecule has 0 aliphatic carbocycles. The Hall–Kier alpha value is -0.860. The van der Waals surface area contributed by atoms with E-state index in [-0.39, 0.29) is 0 Å². The summed E-state index contributed by atoms with van der Waals surface area (Å²) in [7, 11) is 0. The summed E-state index contributed by atoms with van der Waals surface area (Å²) in [5.41, 5.74) is 3.16. The third-order valence-electron chi connectivity index (χ3n) is 5.92. The summed E-state index contributed by atoms with van der Waals surface area (Å²) < 4.78 is 0. The van der Waals surface area contributed by atoms with Crippen LogP contribution in [-0.4, -0.2) is 0 Å². The van der Waals surface area contributed by atoms with Gasteiger partial charge in [-0.15, -0.1) is 22.7 Å². The highest BCUT2D eigenvalue weighted by molar-refractivity contribution is 7.22. The van der Waals surface area contributed by atoms with Gasteiger partial charge in [0.2, 0.25) is 0 Å². The van der Waals surface area contributed by atoms with Gasteiger partial charge in [0.15, 0.2) is 0 Å². The number of allylic oxidation sites excluding steroid dienone is 1. The molecule has 2 aromatic heterocycles. The van der Waals surface area contributed by atoms with Crippen molar-refractivity contribution in [3.63, 3.8) is 0 Å². The second-order valence-electron chi connectivity index (χ2n) is 8.75. The molecule has 0 aliphatic rings. The van der Waals surface area contributed by atoms with Crippen LogP contribution in [0.2, 0.25) is 0 Å². The highest BCUT2D eigenvalue weighted by atomic mass is 32.1. The second-order valence-corrected chi connectivity index (χ2v) is 11.1. The molecule has 2 aromatic rings. The molecule has 0 aromatic carbocycles. The van der Waals surface area contributed by atoms with Gasteiger partial charge in [0.1, 0.15) is 0 Å². The molecular formula is C28H44S2. The lowest BCUT2D eigenvalue weighted by Gasteiger charge is -2.03. The first kappa shape index (κ1) is 25.4. The minimum atomic E-state index is 1.24. The van der Waals surface area contributed by atoms with Crippen LogP contribution in [0.15, 0.2) is 18.2 Å². The number of unbranched alkanes of at least 4 members (excludes halogenated alkanes) is 10. The number of rotatable bonds is 16. The van der Waals surface area contributed by atoms with Gasteiger partial charge in [-0.3, -0.25) is 0 Å². The minimum absolute atomic E-state index is 1.24. The molecule has 2 heterocycles. The van der Waals surface area contributed by atoms with Crippen LogP contribution in [0.1, 0.15) is 119 Å². The maximum Gasteiger partial charge on any atom is 0.0477 e. The van der Waals surface area contributed by atoms with Crippen molar-refractivity contribution in [3.8, 4) is 9.75 Å². The zero-order chi connectivity index (χ0) is 21.6. The van der Waals surface area contributed by atoms with Crippen LogP contribution in [0.3, 0.4) is 0 Å². The summed E-state index contributed by atoms with van der Waals surface area (Å²) >= 11 is 4.01. The van der Waals surface area contributed by atoms with E-state index in [1.807, 2.05) is 22.7 Å². The molecule has 0 fully saturated rings. The fourth-order valence-electron chi connectivity index (χ4n) is 4.20. The summed E-state index contributed by atoms with van der Waals surface area (Å²) in [5.74, 6) is 0. The molecule has 0 unspecified atom stereocenters. The summed E-state index contributed by atoms with van der Waals surface area (Å²) in [6, 6.07) is 4.97. The lowest BCUT2D eigenvalue weighted by molar-refractivity contribution is 0.607. The normalized spacial score (nSPS) is 11.7. The Kier molecular flexibility index (Phi) is 12.7. The van der Waals surface area contributed by atoms with Crippen LogP contribution in [0.25, 0.3) is 15.8 Å². The maximum atomic E-state index is 2.52. The highest BCUT2D eigenvalue weighted by Gasteiger charge is 2.14. The maximum absolute atomic E-state index is 2.52. The van der Waals surface area contributed by atoms with E-state index in [9.17, 15) is 0 Å². The Balaban J connectivity index is 2.00. The molecule has 168 valence electrons. The van der Waals surface area contributed by atoms with Crippen LogP contribution in [0, 0.1) is 6.92 Å². The van der Waals surface area contributed by atoms with Crippen LogP contribution in [0.4, 0.5) is 0 Å². The molecular weight excluding hydrogens is 400 g/mol. The van der Waals surface area contributed by atoms with Gasteiger partial charge < -0.3 is 0 Å². The summed E-state index contributed by atoms with van der Waals surface area (Å²) in [6.45, 7) is 9.01. The van der Waals surface area contributed by atoms with E-state index in [1.165, 1.54) is 105 Å². The molecule has 30 heavy (non-hydrogen) atoms. The zero-order valence-electron chi connectivity index (χ0n) is 20.0. The van der Waals surface area contributed by atoms with Crippen LogP contribution >= 0.6 is 22.7 Å². The largest absolute Gasteiger partial charge is 0.139 e. The summed E-state index contributed by atoms with van der Waals surface area (Å²) in [6.07, 6.45) is 23.5. The Morgan fingerprint density at radius 3 is 1.87 bits per heavy atom. The van der Waals surface area contributed by atoms with Gasteiger partial charge in [-0.2, -0.15) is 0 Å². The summed E-state index contributed by atoms with van der Waals surface area (Å²) in [5, 5.41) is 0. The first-order valence-corrected chi connectivity index (χ1v) is 14.2. The second kappa shape index (κ2) is 15.0. The highest BCUT2D eigenvalue weighted by Crippen LogP contribution is 2.40. The lowest BCUT2D eigenvalue weighted by Crippen LogP contribution is -1.87. The molecule has 0 nitrogen and oxygen atoms in total. The quantitative estimate of drug-likeness (QED) is 0.226. The molecule has 0 aliphatic heterocycles. The third-order valence-corrected chi connectivity index (χ3v) is 8.33. The van der Waals surface area contributed by atoms with Crippen LogP contribution in [-0.2, 0) is 12.8 Å². The molecule has 0 radical (unpaired) electrons. The fourth-order valence-corrected chi connectivity index (χ4v) is 6.58. The van der Waals surface area contributed by atoms with Gasteiger partial charge in [-0.25, -0.2) is 0 Å². The number of hydrogen-bond acceptors (Lipinski definition) is 2. The monoisotopic (exact) mass is 444 g/mol. The molecule has 0 saturated heterocycles. The molecule has 0 saturated carbocycles. The Labute approximate surface area is 194 Å². The standard InChI is InChI=1S/C28H44S2/c1-5-8-10-12-14-16-19-24-22-27(30-26(24)18-7-3)28-25(21-23(4)29-28)20-17-15-13-11-9-6-2/h7,18,21-22H,5-6,8-17,19-20H2,1-4H3/b18-7+. The smallest absolute Gasteiger partial charge is 0.0477 e. The first-order valence-electron chi connectivity index (χ1n) is 12.5. The summed E-state index contributed by atoms with van der Waals surface area (Å²) in [4.78, 5) is 6.00. The van der Waals surface area contributed by atoms with Crippen molar-refractivity contribution in [2.45, 2.75) is 118 Å². The molecule has 2 heteroatoms. The molecule has 2 rings (SSSR count). The molecule has 0 N–H and O–H groups in total. The number of thiophene rings is 2. The van der Waals surface area contributed by atoms with Crippen molar-refractivity contribution in [3.05, 3.63) is 39.1 Å². The van der Waals surface area contributed by atoms with Crippen LogP contribution in [0.5, 0.6) is 0 Å². The van der Waals surface area contributed by atoms with E-state index in [2.05, 4.69) is 52.0 Å². The van der Waals surface area contributed by atoms with Gasteiger partial charge in [-0.1, -0.05) is 84.1 Å². The SMILES string of the molecule is C/C=C/c1sc(-c2sc(C)cc2CCCCCCCC)cc1CCCCCCCC. The van der Waals surface area contributed by atoms with Crippen molar-refractivity contribution >= 4 is 28.7 Å². The minimum Gasteiger partial charge on any atom is -0.139 e. The van der Waals surface area contributed by atoms with E-state index in [1.54, 1.807) is 16.0 Å². The van der Waals surface area contributed by atoms with Crippen LogP contribution < -0.4 is 0 Å². The van der Waals surface area contributed by atoms with Gasteiger partial charge in [0.05, 0.1) is 0 Å². The van der Waals surface area contributed by atoms with Crippen molar-refractivity contribution in [1.29, 1.82) is 0 Å². The van der Waals surface area contributed by atoms with Gasteiger partial charge in [0, 0.05) is 19.5 Å². The average Bonchev–Trinajstić information content (AvgIpc) is 3.30. The third kappa shape index (κ3) is 8.71.